The van der Waals surface area contributed by atoms with Crippen molar-refractivity contribution in [2.75, 3.05) is 11.9 Å². The Kier molecular flexibility index (Phi) is 5.50. The summed E-state index contributed by atoms with van der Waals surface area (Å²) in [7, 11) is 0. The predicted octanol–water partition coefficient (Wildman–Crippen LogP) is 3.16. The average molecular weight is 436 g/mol. The van der Waals surface area contributed by atoms with E-state index in [1.54, 1.807) is 35.4 Å². The Morgan fingerprint density at radius 3 is 2.64 bits per heavy atom. The standard InChI is InChI=1S/C24H20N8O/c1-16-9-21(17-5-3-2-4-6-17)31-32(16)23-8-7-22(29-30-23)28-24(33)19-10-18(11-25-12-19)20-13-26-15-27-14-20/h2-10,12-15,18H,11H2,1H3,(H,28,29,33). The second-order valence-corrected chi connectivity index (χ2v) is 7.57. The quantitative estimate of drug-likeness (QED) is 0.514. The van der Waals surface area contributed by atoms with Gasteiger partial charge in [-0.2, -0.15) is 5.10 Å². The molecule has 1 aliphatic heterocycles. The molecular weight excluding hydrogens is 416 g/mol. The van der Waals surface area contributed by atoms with E-state index in [1.807, 2.05) is 49.4 Å². The monoisotopic (exact) mass is 436 g/mol. The first-order chi connectivity index (χ1) is 16.2. The van der Waals surface area contributed by atoms with E-state index in [0.29, 0.717) is 23.8 Å². The summed E-state index contributed by atoms with van der Waals surface area (Å²) in [6.45, 7) is 2.51. The number of nitrogens with zero attached hydrogens (tertiary/aromatic N) is 7. The molecule has 0 saturated carbocycles. The molecule has 9 heteroatoms. The van der Waals surface area contributed by atoms with Crippen molar-refractivity contribution in [2.45, 2.75) is 12.8 Å². The van der Waals surface area contributed by atoms with Crippen molar-refractivity contribution in [1.82, 2.24) is 29.9 Å². The van der Waals surface area contributed by atoms with Crippen molar-refractivity contribution in [3.8, 4) is 17.1 Å². The number of amides is 1. The number of carbonyl (C=O) groups excluding carboxylic acids is 1. The molecule has 0 radical (unpaired) electrons. The van der Waals surface area contributed by atoms with E-state index >= 15 is 0 Å². The Labute approximate surface area is 190 Å². The number of aliphatic imine (C=N–C) groups is 1. The third-order valence-corrected chi connectivity index (χ3v) is 5.25. The van der Waals surface area contributed by atoms with Gasteiger partial charge in [-0.05, 0) is 30.7 Å². The van der Waals surface area contributed by atoms with Gasteiger partial charge in [0.25, 0.3) is 5.91 Å². The lowest BCUT2D eigenvalue weighted by molar-refractivity contribution is -0.112. The number of hydrogen-bond donors (Lipinski definition) is 1. The van der Waals surface area contributed by atoms with Crippen LogP contribution in [0.4, 0.5) is 5.82 Å². The van der Waals surface area contributed by atoms with E-state index in [1.165, 1.54) is 6.33 Å². The topological polar surface area (TPSA) is 111 Å². The minimum atomic E-state index is -0.302. The van der Waals surface area contributed by atoms with Gasteiger partial charge < -0.3 is 5.32 Å². The number of carbonyl (C=O) groups is 1. The Morgan fingerprint density at radius 2 is 1.88 bits per heavy atom. The zero-order valence-corrected chi connectivity index (χ0v) is 17.8. The molecule has 3 aromatic heterocycles. The van der Waals surface area contributed by atoms with E-state index in [4.69, 9.17) is 0 Å². The molecule has 0 saturated heterocycles. The first-order valence-corrected chi connectivity index (χ1v) is 10.4. The second-order valence-electron chi connectivity index (χ2n) is 7.57. The first-order valence-electron chi connectivity index (χ1n) is 10.4. The average Bonchev–Trinajstić information content (AvgIpc) is 3.27. The Balaban J connectivity index is 1.30. The molecule has 1 aromatic carbocycles. The summed E-state index contributed by atoms with van der Waals surface area (Å²) in [5.41, 5.74) is 4.18. The minimum Gasteiger partial charge on any atom is -0.305 e. The van der Waals surface area contributed by atoms with Gasteiger partial charge in [-0.1, -0.05) is 36.4 Å². The lowest BCUT2D eigenvalue weighted by atomic mass is 9.97. The predicted molar refractivity (Wildman–Crippen MR) is 124 cm³/mol. The molecule has 0 spiro atoms. The van der Waals surface area contributed by atoms with Crippen molar-refractivity contribution in [3.05, 3.63) is 90.2 Å². The largest absolute Gasteiger partial charge is 0.305 e. The second kappa shape index (κ2) is 8.91. The number of aromatic nitrogens is 6. The SMILES string of the molecule is Cc1cc(-c2ccccc2)nn1-c1ccc(NC(=O)C2=CC(c3cncnc3)CN=C2)nn1. The van der Waals surface area contributed by atoms with Gasteiger partial charge in [0, 0.05) is 42.3 Å². The molecule has 5 rings (SSSR count). The summed E-state index contributed by atoms with van der Waals surface area (Å²) in [6.07, 6.45) is 8.36. The lowest BCUT2D eigenvalue weighted by Gasteiger charge is -2.15. The van der Waals surface area contributed by atoms with Crippen LogP contribution in [0.1, 0.15) is 17.2 Å². The van der Waals surface area contributed by atoms with E-state index in [9.17, 15) is 4.79 Å². The Bertz CT molecular complexity index is 1330. The summed E-state index contributed by atoms with van der Waals surface area (Å²) >= 11 is 0. The van der Waals surface area contributed by atoms with Gasteiger partial charge in [-0.15, -0.1) is 10.2 Å². The highest BCUT2D eigenvalue weighted by atomic mass is 16.1. The molecule has 1 unspecified atom stereocenters. The highest BCUT2D eigenvalue weighted by Gasteiger charge is 2.18. The molecule has 0 fully saturated rings. The van der Waals surface area contributed by atoms with Crippen LogP contribution in [-0.2, 0) is 4.79 Å². The van der Waals surface area contributed by atoms with Gasteiger partial charge in [-0.25, -0.2) is 14.6 Å². The van der Waals surface area contributed by atoms with Gasteiger partial charge in [0.1, 0.15) is 6.33 Å². The van der Waals surface area contributed by atoms with Crippen LogP contribution in [0.25, 0.3) is 17.1 Å². The molecule has 0 bridgehead atoms. The van der Waals surface area contributed by atoms with Crippen molar-refractivity contribution < 1.29 is 4.79 Å². The Hall–Kier alpha value is -4.53. The third-order valence-electron chi connectivity index (χ3n) is 5.25. The first kappa shape index (κ1) is 20.4. The van der Waals surface area contributed by atoms with Crippen LogP contribution in [0, 0.1) is 6.92 Å². The fourth-order valence-electron chi connectivity index (χ4n) is 3.56. The molecule has 1 aliphatic rings. The molecule has 1 atom stereocenters. The molecule has 1 amide bonds. The van der Waals surface area contributed by atoms with Gasteiger partial charge >= 0.3 is 0 Å². The molecule has 9 nitrogen and oxygen atoms in total. The van der Waals surface area contributed by atoms with Gasteiger partial charge in [0.2, 0.25) is 0 Å². The molecule has 4 aromatic rings. The molecule has 0 aliphatic carbocycles. The maximum Gasteiger partial charge on any atom is 0.258 e. The number of hydrogen-bond acceptors (Lipinski definition) is 7. The molecule has 33 heavy (non-hydrogen) atoms. The summed E-state index contributed by atoms with van der Waals surface area (Å²) < 4.78 is 1.73. The highest BCUT2D eigenvalue weighted by molar-refractivity contribution is 6.17. The zero-order valence-electron chi connectivity index (χ0n) is 17.8. The van der Waals surface area contributed by atoms with Gasteiger partial charge in [0.05, 0.1) is 11.3 Å². The molecule has 162 valence electrons. The van der Waals surface area contributed by atoms with Crippen molar-refractivity contribution in [2.24, 2.45) is 4.99 Å². The van der Waals surface area contributed by atoms with Crippen LogP contribution >= 0.6 is 0 Å². The highest BCUT2D eigenvalue weighted by Crippen LogP contribution is 2.22. The fraction of sp³-hybridized carbons (Fsp3) is 0.125. The zero-order chi connectivity index (χ0) is 22.6. The summed E-state index contributed by atoms with van der Waals surface area (Å²) in [6, 6.07) is 15.4. The van der Waals surface area contributed by atoms with Crippen LogP contribution in [0.15, 0.2) is 83.9 Å². The van der Waals surface area contributed by atoms with Crippen LogP contribution in [0.5, 0.6) is 0 Å². The van der Waals surface area contributed by atoms with Crippen LogP contribution in [-0.4, -0.2) is 48.6 Å². The van der Waals surface area contributed by atoms with Crippen LogP contribution in [0.3, 0.4) is 0 Å². The van der Waals surface area contributed by atoms with Crippen molar-refractivity contribution >= 4 is 17.9 Å². The third kappa shape index (κ3) is 4.42. The number of dihydropyridines is 1. The number of anilines is 1. The molecule has 4 heterocycles. The van der Waals surface area contributed by atoms with Crippen LogP contribution in [0.2, 0.25) is 0 Å². The normalized spacial score (nSPS) is 15.2. The van der Waals surface area contributed by atoms with E-state index in [2.05, 4.69) is 35.6 Å². The molecular formula is C24H20N8O. The number of rotatable bonds is 5. The van der Waals surface area contributed by atoms with E-state index in [-0.39, 0.29) is 11.8 Å². The fourth-order valence-corrected chi connectivity index (χ4v) is 3.56. The number of nitrogens with one attached hydrogen (secondary N) is 1. The van der Waals surface area contributed by atoms with Gasteiger partial charge in [0.15, 0.2) is 11.6 Å². The summed E-state index contributed by atoms with van der Waals surface area (Å²) in [4.78, 5) is 25.1. The number of aryl methyl sites for hydroxylation is 1. The number of benzene rings is 1. The lowest BCUT2D eigenvalue weighted by Crippen LogP contribution is -2.20. The summed E-state index contributed by atoms with van der Waals surface area (Å²) in [5.74, 6) is 0.558. The van der Waals surface area contributed by atoms with Gasteiger partial charge in [-0.3, -0.25) is 9.79 Å². The minimum absolute atomic E-state index is 0.0491. The maximum absolute atomic E-state index is 12.7. The summed E-state index contributed by atoms with van der Waals surface area (Å²) in [5, 5.41) is 15.8. The van der Waals surface area contributed by atoms with Crippen LogP contribution < -0.4 is 5.32 Å². The van der Waals surface area contributed by atoms with E-state index in [0.717, 1.165) is 22.5 Å². The smallest absolute Gasteiger partial charge is 0.258 e. The van der Waals surface area contributed by atoms with Crippen molar-refractivity contribution in [1.29, 1.82) is 0 Å². The maximum atomic E-state index is 12.7. The van der Waals surface area contributed by atoms with E-state index < -0.39 is 0 Å². The Morgan fingerprint density at radius 1 is 1.06 bits per heavy atom. The van der Waals surface area contributed by atoms with Crippen molar-refractivity contribution in [3.63, 3.8) is 0 Å². The molecule has 1 N–H and O–H groups in total.